The Hall–Kier alpha value is -4.19. The minimum absolute atomic E-state index is 0.0666. The van der Waals surface area contributed by atoms with E-state index in [-0.39, 0.29) is 4.90 Å². The Balaban J connectivity index is 0.000000215. The minimum Gasteiger partial charge on any atom is -0.282 e. The molecule has 4 heterocycles. The molecule has 2 aromatic carbocycles. The van der Waals surface area contributed by atoms with Gasteiger partial charge in [-0.05, 0) is 38.1 Å². The fraction of sp³-hybridized carbons (Fsp3) is 0.0769. The summed E-state index contributed by atoms with van der Waals surface area (Å²) in [6.07, 6.45) is 3.47. The number of hydrogen-bond acceptors (Lipinski definition) is 7. The lowest BCUT2D eigenvalue weighted by Crippen LogP contribution is -1.96. The molecule has 0 saturated carbocycles. The zero-order chi connectivity index (χ0) is 26.0. The summed E-state index contributed by atoms with van der Waals surface area (Å²) >= 11 is 1.60. The molecule has 0 saturated heterocycles. The predicted octanol–water partition coefficient (Wildman–Crippen LogP) is 5.46. The Bertz CT molecular complexity index is 1760. The molecule has 2 N–H and O–H groups in total. The van der Waals surface area contributed by atoms with Gasteiger partial charge in [-0.2, -0.15) is 18.6 Å². The topological polar surface area (TPSA) is 126 Å². The lowest BCUT2D eigenvalue weighted by molar-refractivity contribution is 0.483. The standard InChI is InChI=1S/C19H14N6S.C7H8O3S/c1-12-15(14-9-5-6-10-25(14)24-12)19-22-16(13-7-3-2-4-8-13)17(26-19)18-20-11-21-23-18;1-6-2-4-7(5-3-6)11(8,9)10/h2-11H,1H3,(H,20,21,23);2-5H,1H3,(H,8,9,10). The quantitative estimate of drug-likeness (QED) is 0.290. The Morgan fingerprint density at radius 1 is 0.946 bits per heavy atom. The second-order valence-electron chi connectivity index (χ2n) is 8.18. The molecular formula is C26H22N6O3S2. The van der Waals surface area contributed by atoms with Gasteiger partial charge in [-0.25, -0.2) is 14.5 Å². The molecular weight excluding hydrogens is 508 g/mol. The van der Waals surface area contributed by atoms with E-state index in [1.165, 1.54) is 18.5 Å². The summed E-state index contributed by atoms with van der Waals surface area (Å²) in [6.45, 7) is 3.85. The van der Waals surface area contributed by atoms with Crippen LogP contribution < -0.4 is 0 Å². The first-order chi connectivity index (χ1) is 17.8. The molecule has 0 spiro atoms. The Morgan fingerprint density at radius 2 is 1.68 bits per heavy atom. The molecule has 0 atom stereocenters. The predicted molar refractivity (Wildman–Crippen MR) is 143 cm³/mol. The molecule has 0 unspecified atom stereocenters. The molecule has 0 bridgehead atoms. The highest BCUT2D eigenvalue weighted by Crippen LogP contribution is 2.41. The molecule has 6 rings (SSSR count). The van der Waals surface area contributed by atoms with Crippen LogP contribution in [0.15, 0.2) is 90.2 Å². The number of rotatable bonds is 4. The first-order valence-electron chi connectivity index (χ1n) is 11.2. The molecule has 6 aromatic rings. The third kappa shape index (κ3) is 5.19. The molecule has 186 valence electrons. The molecule has 0 aliphatic rings. The van der Waals surface area contributed by atoms with Crippen molar-refractivity contribution in [2.45, 2.75) is 18.7 Å². The van der Waals surface area contributed by atoms with Crippen molar-refractivity contribution in [3.05, 3.63) is 96.6 Å². The Kier molecular flexibility index (Phi) is 6.66. The Morgan fingerprint density at radius 3 is 2.35 bits per heavy atom. The van der Waals surface area contributed by atoms with Crippen molar-refractivity contribution >= 4 is 27.0 Å². The van der Waals surface area contributed by atoms with E-state index >= 15 is 0 Å². The first-order valence-corrected chi connectivity index (χ1v) is 13.5. The summed E-state index contributed by atoms with van der Waals surface area (Å²) in [4.78, 5) is 10.2. The maximum atomic E-state index is 10.5. The van der Waals surface area contributed by atoms with Crippen molar-refractivity contribution in [3.8, 4) is 32.5 Å². The number of hydrogen-bond donors (Lipinski definition) is 2. The number of fused-ring (bicyclic) bond motifs is 1. The monoisotopic (exact) mass is 530 g/mol. The number of pyridine rings is 1. The van der Waals surface area contributed by atoms with Gasteiger partial charge in [0, 0.05) is 11.8 Å². The second kappa shape index (κ2) is 10.1. The minimum atomic E-state index is -4.02. The van der Waals surface area contributed by atoms with E-state index in [0.29, 0.717) is 0 Å². The lowest BCUT2D eigenvalue weighted by Gasteiger charge is -1.99. The van der Waals surface area contributed by atoms with Gasteiger partial charge in [-0.15, -0.1) is 11.3 Å². The van der Waals surface area contributed by atoms with Gasteiger partial charge in [0.15, 0.2) is 5.82 Å². The number of aromatic amines is 1. The number of aromatic nitrogens is 6. The maximum absolute atomic E-state index is 10.5. The van der Waals surface area contributed by atoms with Crippen LogP contribution in [0.25, 0.3) is 38.0 Å². The largest absolute Gasteiger partial charge is 0.294 e. The summed E-state index contributed by atoms with van der Waals surface area (Å²) in [7, 11) is -4.02. The number of aryl methyl sites for hydroxylation is 2. The van der Waals surface area contributed by atoms with Crippen LogP contribution in [0.3, 0.4) is 0 Å². The van der Waals surface area contributed by atoms with Crippen LogP contribution >= 0.6 is 11.3 Å². The summed E-state index contributed by atoms with van der Waals surface area (Å²) < 4.78 is 31.4. The third-order valence-electron chi connectivity index (χ3n) is 5.55. The van der Waals surface area contributed by atoms with Crippen LogP contribution in [0.5, 0.6) is 0 Å². The molecule has 4 aromatic heterocycles. The highest BCUT2D eigenvalue weighted by Gasteiger charge is 2.21. The summed E-state index contributed by atoms with van der Waals surface area (Å²) in [5.74, 6) is 0.724. The van der Waals surface area contributed by atoms with Gasteiger partial charge in [0.2, 0.25) is 0 Å². The summed E-state index contributed by atoms with van der Waals surface area (Å²) in [5.41, 5.74) is 5.96. The third-order valence-corrected chi connectivity index (χ3v) is 7.50. The van der Waals surface area contributed by atoms with E-state index in [9.17, 15) is 8.42 Å². The van der Waals surface area contributed by atoms with Crippen molar-refractivity contribution in [3.63, 3.8) is 0 Å². The number of nitrogens with zero attached hydrogens (tertiary/aromatic N) is 5. The van der Waals surface area contributed by atoms with E-state index in [1.807, 2.05) is 54.9 Å². The highest BCUT2D eigenvalue weighted by atomic mass is 32.2. The van der Waals surface area contributed by atoms with Crippen LogP contribution in [0, 0.1) is 13.8 Å². The zero-order valence-electron chi connectivity index (χ0n) is 19.9. The van der Waals surface area contributed by atoms with Gasteiger partial charge < -0.3 is 0 Å². The fourth-order valence-corrected chi connectivity index (χ4v) is 5.41. The van der Waals surface area contributed by atoms with Gasteiger partial charge in [-0.3, -0.25) is 9.65 Å². The van der Waals surface area contributed by atoms with Gasteiger partial charge in [-0.1, -0.05) is 54.1 Å². The summed E-state index contributed by atoms with van der Waals surface area (Å²) in [6, 6.07) is 22.2. The molecule has 37 heavy (non-hydrogen) atoms. The molecule has 0 aliphatic carbocycles. The van der Waals surface area contributed by atoms with Crippen molar-refractivity contribution in [1.29, 1.82) is 0 Å². The van der Waals surface area contributed by atoms with Crippen LogP contribution in [0.1, 0.15) is 11.3 Å². The van der Waals surface area contributed by atoms with Crippen molar-refractivity contribution in [1.82, 2.24) is 29.8 Å². The number of thiazole rings is 1. The number of nitrogens with one attached hydrogen (secondary N) is 1. The van der Waals surface area contributed by atoms with Crippen LogP contribution in [0.4, 0.5) is 0 Å². The normalized spacial score (nSPS) is 11.3. The zero-order valence-corrected chi connectivity index (χ0v) is 21.5. The van der Waals surface area contributed by atoms with Gasteiger partial charge in [0.05, 0.1) is 32.2 Å². The lowest BCUT2D eigenvalue weighted by atomic mass is 10.1. The Labute approximate surface area is 217 Å². The van der Waals surface area contributed by atoms with Crippen molar-refractivity contribution in [2.24, 2.45) is 0 Å². The second-order valence-corrected chi connectivity index (χ2v) is 10.6. The van der Waals surface area contributed by atoms with E-state index in [2.05, 4.69) is 38.5 Å². The smallest absolute Gasteiger partial charge is 0.282 e. The average molecular weight is 531 g/mol. The molecule has 11 heteroatoms. The average Bonchev–Trinajstić information content (AvgIpc) is 3.62. The SMILES string of the molecule is Cc1ccc(S(=O)(=O)O)cc1.Cc1nn2ccccc2c1-c1nc(-c2ccccc2)c(-c2ncn[nH]2)s1. The number of benzene rings is 2. The molecule has 9 nitrogen and oxygen atoms in total. The van der Waals surface area contributed by atoms with Crippen molar-refractivity contribution < 1.29 is 13.0 Å². The van der Waals surface area contributed by atoms with Crippen LogP contribution in [-0.4, -0.2) is 42.7 Å². The van der Waals surface area contributed by atoms with E-state index in [4.69, 9.17) is 9.54 Å². The van der Waals surface area contributed by atoms with E-state index < -0.39 is 10.1 Å². The van der Waals surface area contributed by atoms with Crippen LogP contribution in [-0.2, 0) is 10.1 Å². The summed E-state index contributed by atoms with van der Waals surface area (Å²) in [5, 5.41) is 12.5. The van der Waals surface area contributed by atoms with Crippen LogP contribution in [0.2, 0.25) is 0 Å². The van der Waals surface area contributed by atoms with Gasteiger partial charge in [0.1, 0.15) is 11.3 Å². The molecule has 0 aliphatic heterocycles. The molecule has 0 amide bonds. The van der Waals surface area contributed by atoms with Gasteiger partial charge in [0.25, 0.3) is 10.1 Å². The molecule has 0 fully saturated rings. The van der Waals surface area contributed by atoms with Crippen molar-refractivity contribution in [2.75, 3.05) is 0 Å². The fourth-order valence-electron chi connectivity index (χ4n) is 3.79. The van der Waals surface area contributed by atoms with Gasteiger partial charge >= 0.3 is 0 Å². The maximum Gasteiger partial charge on any atom is 0.294 e. The molecule has 0 radical (unpaired) electrons. The highest BCUT2D eigenvalue weighted by molar-refractivity contribution is 7.85. The first kappa shape index (κ1) is 24.5. The number of H-pyrrole nitrogens is 1. The van der Waals surface area contributed by atoms with E-state index in [0.717, 1.165) is 49.3 Å². The van der Waals surface area contributed by atoms with E-state index in [1.54, 1.807) is 23.5 Å².